The maximum absolute atomic E-state index is 8.90. The first kappa shape index (κ1) is 8.71. The molecular weight excluding hydrogens is 206 g/mol. The molecule has 60 valence electrons. The van der Waals surface area contributed by atoms with Gasteiger partial charge in [-0.2, -0.15) is 0 Å². The third kappa shape index (κ3) is 1.80. The van der Waals surface area contributed by atoms with E-state index in [4.69, 9.17) is 10.8 Å². The summed E-state index contributed by atoms with van der Waals surface area (Å²) < 4.78 is 0.964. The van der Waals surface area contributed by atoms with E-state index < -0.39 is 0 Å². The van der Waals surface area contributed by atoms with Gasteiger partial charge in [0.2, 0.25) is 0 Å². The fourth-order valence-corrected chi connectivity index (χ4v) is 1.55. The van der Waals surface area contributed by atoms with Crippen LogP contribution in [0, 0.1) is 0 Å². The molecule has 0 unspecified atom stereocenters. The number of halogens is 1. The van der Waals surface area contributed by atoms with Crippen molar-refractivity contribution in [2.45, 2.75) is 13.2 Å². The summed E-state index contributed by atoms with van der Waals surface area (Å²) in [5.74, 6) is 0. The number of benzene rings is 1. The van der Waals surface area contributed by atoms with Gasteiger partial charge in [-0.1, -0.05) is 28.1 Å². The van der Waals surface area contributed by atoms with Crippen LogP contribution in [0.5, 0.6) is 0 Å². The fourth-order valence-electron chi connectivity index (χ4n) is 0.980. The van der Waals surface area contributed by atoms with Crippen LogP contribution in [-0.4, -0.2) is 5.11 Å². The summed E-state index contributed by atoms with van der Waals surface area (Å²) in [4.78, 5) is 0. The number of hydrogen-bond donors (Lipinski definition) is 2. The molecule has 3 heteroatoms. The highest BCUT2D eigenvalue weighted by Crippen LogP contribution is 2.19. The predicted octanol–water partition coefficient (Wildman–Crippen LogP) is 1.40. The van der Waals surface area contributed by atoms with Crippen molar-refractivity contribution in [1.82, 2.24) is 0 Å². The van der Waals surface area contributed by atoms with Crippen LogP contribution in [-0.2, 0) is 13.2 Å². The molecule has 3 N–H and O–H groups in total. The van der Waals surface area contributed by atoms with Crippen molar-refractivity contribution in [3.8, 4) is 0 Å². The van der Waals surface area contributed by atoms with Gasteiger partial charge in [0.25, 0.3) is 0 Å². The van der Waals surface area contributed by atoms with Crippen molar-refractivity contribution in [3.63, 3.8) is 0 Å². The van der Waals surface area contributed by atoms with Crippen molar-refractivity contribution in [3.05, 3.63) is 33.8 Å². The van der Waals surface area contributed by atoms with Gasteiger partial charge in [-0.25, -0.2) is 0 Å². The lowest BCUT2D eigenvalue weighted by atomic mass is 10.1. The maximum atomic E-state index is 8.90. The molecule has 0 heterocycles. The molecule has 2 nitrogen and oxygen atoms in total. The Hall–Kier alpha value is -0.380. The lowest BCUT2D eigenvalue weighted by Crippen LogP contribution is -2.02. The highest BCUT2D eigenvalue weighted by Gasteiger charge is 2.02. The Balaban J connectivity index is 3.13. The van der Waals surface area contributed by atoms with E-state index in [1.807, 2.05) is 18.2 Å². The minimum absolute atomic E-state index is 0.0476. The van der Waals surface area contributed by atoms with Gasteiger partial charge >= 0.3 is 0 Å². The van der Waals surface area contributed by atoms with Gasteiger partial charge in [-0.15, -0.1) is 0 Å². The standard InChI is InChI=1S/C8H10BrNO/c9-8-3-1-2-6(5-11)7(8)4-10/h1-3,11H,4-5,10H2. The highest BCUT2D eigenvalue weighted by molar-refractivity contribution is 9.10. The number of nitrogens with two attached hydrogens (primary N) is 1. The number of aliphatic hydroxyl groups is 1. The van der Waals surface area contributed by atoms with E-state index in [0.717, 1.165) is 15.6 Å². The van der Waals surface area contributed by atoms with E-state index in [2.05, 4.69) is 15.9 Å². The van der Waals surface area contributed by atoms with Gasteiger partial charge < -0.3 is 10.8 Å². The molecule has 1 rings (SSSR count). The number of hydrogen-bond acceptors (Lipinski definition) is 2. The summed E-state index contributed by atoms with van der Waals surface area (Å²) in [7, 11) is 0. The van der Waals surface area contributed by atoms with Crippen molar-refractivity contribution in [1.29, 1.82) is 0 Å². The Labute approximate surface area is 74.2 Å². The second kappa shape index (κ2) is 3.85. The monoisotopic (exact) mass is 215 g/mol. The summed E-state index contributed by atoms with van der Waals surface area (Å²) in [5, 5.41) is 8.90. The Morgan fingerprint density at radius 1 is 1.45 bits per heavy atom. The molecule has 1 aromatic rings. The van der Waals surface area contributed by atoms with Gasteiger partial charge in [0.05, 0.1) is 6.61 Å². The highest BCUT2D eigenvalue weighted by atomic mass is 79.9. The summed E-state index contributed by atoms with van der Waals surface area (Å²) in [6.07, 6.45) is 0. The lowest BCUT2D eigenvalue weighted by Gasteiger charge is -2.05. The molecule has 1 aromatic carbocycles. The molecule has 0 atom stereocenters. The largest absolute Gasteiger partial charge is 0.392 e. The van der Waals surface area contributed by atoms with Crippen molar-refractivity contribution < 1.29 is 5.11 Å². The van der Waals surface area contributed by atoms with E-state index >= 15 is 0 Å². The molecular formula is C8H10BrNO. The SMILES string of the molecule is NCc1c(Br)cccc1CO. The van der Waals surface area contributed by atoms with Crippen LogP contribution in [0.4, 0.5) is 0 Å². The second-order valence-electron chi connectivity index (χ2n) is 2.24. The molecule has 0 spiro atoms. The van der Waals surface area contributed by atoms with Crippen LogP contribution >= 0.6 is 15.9 Å². The zero-order valence-electron chi connectivity index (χ0n) is 6.05. The quantitative estimate of drug-likeness (QED) is 0.784. The minimum Gasteiger partial charge on any atom is -0.392 e. The summed E-state index contributed by atoms with van der Waals surface area (Å²) in [6, 6.07) is 5.67. The normalized spacial score (nSPS) is 10.1. The third-order valence-corrected chi connectivity index (χ3v) is 2.33. The lowest BCUT2D eigenvalue weighted by molar-refractivity contribution is 0.280. The van der Waals surface area contributed by atoms with Crippen LogP contribution in [0.1, 0.15) is 11.1 Å². The molecule has 0 fully saturated rings. The molecule has 11 heavy (non-hydrogen) atoms. The zero-order valence-corrected chi connectivity index (χ0v) is 7.63. The topological polar surface area (TPSA) is 46.2 Å². The molecule has 0 aliphatic heterocycles. The Morgan fingerprint density at radius 3 is 2.64 bits per heavy atom. The van der Waals surface area contributed by atoms with Crippen LogP contribution in [0.3, 0.4) is 0 Å². The van der Waals surface area contributed by atoms with Gasteiger partial charge in [-0.05, 0) is 17.2 Å². The first-order chi connectivity index (χ1) is 5.29. The van der Waals surface area contributed by atoms with Gasteiger partial charge in [0, 0.05) is 11.0 Å². The maximum Gasteiger partial charge on any atom is 0.0685 e. The summed E-state index contributed by atoms with van der Waals surface area (Å²) in [6.45, 7) is 0.503. The second-order valence-corrected chi connectivity index (χ2v) is 3.09. The Morgan fingerprint density at radius 2 is 2.18 bits per heavy atom. The molecule has 0 radical (unpaired) electrons. The molecule has 0 aromatic heterocycles. The summed E-state index contributed by atoms with van der Waals surface area (Å²) >= 11 is 3.36. The van der Waals surface area contributed by atoms with Crippen LogP contribution in [0.2, 0.25) is 0 Å². The number of aliphatic hydroxyl groups excluding tert-OH is 1. The molecule has 0 amide bonds. The molecule has 0 saturated heterocycles. The van der Waals surface area contributed by atoms with Gasteiger partial charge in [0.1, 0.15) is 0 Å². The van der Waals surface area contributed by atoms with Crippen LogP contribution in [0.15, 0.2) is 22.7 Å². The summed E-state index contributed by atoms with van der Waals surface area (Å²) in [5.41, 5.74) is 7.36. The van der Waals surface area contributed by atoms with Crippen molar-refractivity contribution in [2.75, 3.05) is 0 Å². The minimum atomic E-state index is 0.0476. The van der Waals surface area contributed by atoms with Gasteiger partial charge in [0.15, 0.2) is 0 Å². The van der Waals surface area contributed by atoms with Crippen molar-refractivity contribution >= 4 is 15.9 Å². The first-order valence-corrected chi connectivity index (χ1v) is 4.16. The Bertz CT molecular complexity index is 250. The van der Waals surface area contributed by atoms with Crippen LogP contribution in [0.25, 0.3) is 0 Å². The smallest absolute Gasteiger partial charge is 0.0685 e. The Kier molecular flexibility index (Phi) is 3.05. The van der Waals surface area contributed by atoms with Crippen LogP contribution < -0.4 is 5.73 Å². The predicted molar refractivity (Wildman–Crippen MR) is 48.0 cm³/mol. The average Bonchev–Trinajstić information content (AvgIpc) is 2.04. The van der Waals surface area contributed by atoms with E-state index in [-0.39, 0.29) is 6.61 Å². The molecule has 0 aliphatic rings. The molecule has 0 saturated carbocycles. The van der Waals surface area contributed by atoms with E-state index in [1.165, 1.54) is 0 Å². The van der Waals surface area contributed by atoms with E-state index in [1.54, 1.807) is 0 Å². The third-order valence-electron chi connectivity index (χ3n) is 1.59. The van der Waals surface area contributed by atoms with Crippen molar-refractivity contribution in [2.24, 2.45) is 5.73 Å². The van der Waals surface area contributed by atoms with Gasteiger partial charge in [-0.3, -0.25) is 0 Å². The molecule has 0 bridgehead atoms. The average molecular weight is 216 g/mol. The van der Waals surface area contributed by atoms with E-state index in [0.29, 0.717) is 6.54 Å². The van der Waals surface area contributed by atoms with E-state index in [9.17, 15) is 0 Å². The first-order valence-electron chi connectivity index (χ1n) is 3.36. The fraction of sp³-hybridized carbons (Fsp3) is 0.250. The number of rotatable bonds is 2. The molecule has 0 aliphatic carbocycles. The zero-order chi connectivity index (χ0) is 8.27.